The number of esters is 1. The third-order valence-corrected chi connectivity index (χ3v) is 2.80. The SMILES string of the molecule is O=C(OC1CNCCN1C1COC1)C(F)(F)F. The number of carbonyl (C=O) groups excluding carboxylic acids is 1. The molecule has 2 saturated heterocycles. The van der Waals surface area contributed by atoms with Crippen molar-refractivity contribution in [3.63, 3.8) is 0 Å². The molecule has 0 amide bonds. The summed E-state index contributed by atoms with van der Waals surface area (Å²) in [5.74, 6) is -2.14. The van der Waals surface area contributed by atoms with Crippen molar-refractivity contribution in [3.05, 3.63) is 0 Å². The highest BCUT2D eigenvalue weighted by molar-refractivity contribution is 5.75. The van der Waals surface area contributed by atoms with E-state index in [0.29, 0.717) is 26.3 Å². The minimum atomic E-state index is -4.95. The lowest BCUT2D eigenvalue weighted by atomic mass is 10.2. The van der Waals surface area contributed by atoms with Crippen LogP contribution < -0.4 is 5.32 Å². The fraction of sp³-hybridized carbons (Fsp3) is 0.889. The molecule has 2 aliphatic heterocycles. The summed E-state index contributed by atoms with van der Waals surface area (Å²) >= 11 is 0. The van der Waals surface area contributed by atoms with Gasteiger partial charge in [-0.05, 0) is 0 Å². The molecule has 17 heavy (non-hydrogen) atoms. The second kappa shape index (κ2) is 4.79. The number of hydrogen-bond donors (Lipinski definition) is 1. The van der Waals surface area contributed by atoms with Crippen LogP contribution in [-0.2, 0) is 14.3 Å². The molecule has 2 rings (SSSR count). The highest BCUT2D eigenvalue weighted by Crippen LogP contribution is 2.21. The van der Waals surface area contributed by atoms with Gasteiger partial charge in [0.05, 0.1) is 19.3 Å². The first-order valence-corrected chi connectivity index (χ1v) is 5.30. The molecular formula is C9H13F3N2O3. The van der Waals surface area contributed by atoms with E-state index in [4.69, 9.17) is 4.74 Å². The normalized spacial score (nSPS) is 27.6. The van der Waals surface area contributed by atoms with Crippen molar-refractivity contribution in [1.82, 2.24) is 10.2 Å². The number of halogens is 3. The average Bonchev–Trinajstić information content (AvgIpc) is 2.16. The van der Waals surface area contributed by atoms with Crippen molar-refractivity contribution >= 4 is 5.97 Å². The van der Waals surface area contributed by atoms with Crippen molar-refractivity contribution in [2.75, 3.05) is 32.8 Å². The van der Waals surface area contributed by atoms with E-state index in [1.54, 1.807) is 4.90 Å². The van der Waals surface area contributed by atoms with E-state index in [1.807, 2.05) is 0 Å². The van der Waals surface area contributed by atoms with E-state index in [2.05, 4.69) is 10.1 Å². The van der Waals surface area contributed by atoms with Crippen molar-refractivity contribution < 1.29 is 27.4 Å². The second-order valence-corrected chi connectivity index (χ2v) is 3.99. The highest BCUT2D eigenvalue weighted by Gasteiger charge is 2.44. The van der Waals surface area contributed by atoms with Gasteiger partial charge < -0.3 is 14.8 Å². The first-order chi connectivity index (χ1) is 7.98. The van der Waals surface area contributed by atoms with Crippen LogP contribution >= 0.6 is 0 Å². The molecule has 0 bridgehead atoms. The third kappa shape index (κ3) is 2.88. The van der Waals surface area contributed by atoms with Crippen LogP contribution in [-0.4, -0.2) is 62.2 Å². The van der Waals surface area contributed by atoms with Gasteiger partial charge in [0.1, 0.15) is 0 Å². The number of piperazine rings is 1. The first kappa shape index (κ1) is 12.6. The van der Waals surface area contributed by atoms with Gasteiger partial charge in [-0.15, -0.1) is 0 Å². The quantitative estimate of drug-likeness (QED) is 0.687. The topological polar surface area (TPSA) is 50.8 Å². The van der Waals surface area contributed by atoms with Gasteiger partial charge in [-0.25, -0.2) is 4.79 Å². The van der Waals surface area contributed by atoms with Gasteiger partial charge in [0.25, 0.3) is 0 Å². The van der Waals surface area contributed by atoms with E-state index < -0.39 is 18.4 Å². The van der Waals surface area contributed by atoms with Gasteiger partial charge in [-0.3, -0.25) is 4.90 Å². The van der Waals surface area contributed by atoms with Crippen LogP contribution in [0.1, 0.15) is 0 Å². The largest absolute Gasteiger partial charge is 0.490 e. The van der Waals surface area contributed by atoms with Crippen LogP contribution in [0, 0.1) is 0 Å². The van der Waals surface area contributed by atoms with Crippen LogP contribution in [0.2, 0.25) is 0 Å². The predicted molar refractivity (Wildman–Crippen MR) is 50.1 cm³/mol. The van der Waals surface area contributed by atoms with Crippen molar-refractivity contribution in [2.45, 2.75) is 18.4 Å². The molecule has 0 radical (unpaired) electrons. The molecule has 0 spiro atoms. The second-order valence-electron chi connectivity index (χ2n) is 3.99. The van der Waals surface area contributed by atoms with Crippen LogP contribution in [0.4, 0.5) is 13.2 Å². The Morgan fingerprint density at radius 3 is 2.65 bits per heavy atom. The molecule has 98 valence electrons. The standard InChI is InChI=1S/C9H13F3N2O3/c10-9(11,12)8(15)17-7-3-13-1-2-14(7)6-4-16-5-6/h6-7,13H,1-5H2. The molecule has 0 aromatic heterocycles. The zero-order chi connectivity index (χ0) is 12.5. The number of carbonyl (C=O) groups is 1. The number of nitrogens with one attached hydrogen (secondary N) is 1. The fourth-order valence-electron chi connectivity index (χ4n) is 1.83. The van der Waals surface area contributed by atoms with Gasteiger partial charge in [-0.1, -0.05) is 0 Å². The molecule has 1 N–H and O–H groups in total. The zero-order valence-corrected chi connectivity index (χ0v) is 9.00. The molecule has 1 unspecified atom stereocenters. The minimum Gasteiger partial charge on any atom is -0.438 e. The van der Waals surface area contributed by atoms with E-state index >= 15 is 0 Å². The summed E-state index contributed by atoms with van der Waals surface area (Å²) in [4.78, 5) is 12.5. The monoisotopic (exact) mass is 254 g/mol. The van der Waals surface area contributed by atoms with Crippen molar-refractivity contribution in [1.29, 1.82) is 0 Å². The average molecular weight is 254 g/mol. The number of alkyl halides is 3. The van der Waals surface area contributed by atoms with E-state index in [9.17, 15) is 18.0 Å². The highest BCUT2D eigenvalue weighted by atomic mass is 19.4. The maximum atomic E-state index is 12.1. The molecule has 2 aliphatic rings. The molecular weight excluding hydrogens is 241 g/mol. The molecule has 1 atom stereocenters. The smallest absolute Gasteiger partial charge is 0.438 e. The van der Waals surface area contributed by atoms with E-state index in [1.165, 1.54) is 0 Å². The van der Waals surface area contributed by atoms with Crippen LogP contribution in [0.3, 0.4) is 0 Å². The summed E-state index contributed by atoms with van der Waals surface area (Å²) in [6, 6.07) is 0.0446. The molecule has 0 aromatic carbocycles. The zero-order valence-electron chi connectivity index (χ0n) is 9.00. The maximum Gasteiger partial charge on any atom is 0.490 e. The summed E-state index contributed by atoms with van der Waals surface area (Å²) in [6.45, 7) is 2.36. The lowest BCUT2D eigenvalue weighted by Gasteiger charge is -2.43. The summed E-state index contributed by atoms with van der Waals surface area (Å²) in [5, 5.41) is 2.90. The van der Waals surface area contributed by atoms with Crippen LogP contribution in [0.25, 0.3) is 0 Å². The third-order valence-electron chi connectivity index (χ3n) is 2.80. The van der Waals surface area contributed by atoms with Gasteiger partial charge in [0.15, 0.2) is 6.23 Å². The molecule has 0 saturated carbocycles. The van der Waals surface area contributed by atoms with Crippen molar-refractivity contribution in [3.8, 4) is 0 Å². The summed E-state index contributed by atoms with van der Waals surface area (Å²) in [7, 11) is 0. The van der Waals surface area contributed by atoms with Gasteiger partial charge in [0.2, 0.25) is 0 Å². The van der Waals surface area contributed by atoms with Gasteiger partial charge in [-0.2, -0.15) is 13.2 Å². The van der Waals surface area contributed by atoms with E-state index in [0.717, 1.165) is 0 Å². The molecule has 2 heterocycles. The van der Waals surface area contributed by atoms with Crippen LogP contribution in [0.15, 0.2) is 0 Å². The number of nitrogens with zero attached hydrogens (tertiary/aromatic N) is 1. The summed E-state index contributed by atoms with van der Waals surface area (Å²) < 4.78 is 45.7. The molecule has 8 heteroatoms. The Labute approximate surface area is 95.8 Å². The molecule has 2 fully saturated rings. The Hall–Kier alpha value is -0.860. The van der Waals surface area contributed by atoms with Crippen LogP contribution in [0.5, 0.6) is 0 Å². The molecule has 0 aliphatic carbocycles. The molecule has 0 aromatic rings. The summed E-state index contributed by atoms with van der Waals surface area (Å²) in [5.41, 5.74) is 0. The number of hydrogen-bond acceptors (Lipinski definition) is 5. The lowest BCUT2D eigenvalue weighted by molar-refractivity contribution is -0.221. The minimum absolute atomic E-state index is 0.0446. The first-order valence-electron chi connectivity index (χ1n) is 5.30. The van der Waals surface area contributed by atoms with Gasteiger partial charge in [0, 0.05) is 19.6 Å². The summed E-state index contributed by atoms with van der Waals surface area (Å²) in [6.07, 6.45) is -5.81. The maximum absolute atomic E-state index is 12.1. The Balaban J connectivity index is 1.94. The number of rotatable bonds is 2. The Bertz CT molecular complexity index is 294. The van der Waals surface area contributed by atoms with Crippen molar-refractivity contribution in [2.24, 2.45) is 0 Å². The number of ether oxygens (including phenoxy) is 2. The van der Waals surface area contributed by atoms with E-state index in [-0.39, 0.29) is 12.6 Å². The van der Waals surface area contributed by atoms with Gasteiger partial charge >= 0.3 is 12.1 Å². The fourth-order valence-corrected chi connectivity index (χ4v) is 1.83. The lowest BCUT2D eigenvalue weighted by Crippen LogP contribution is -2.62. The Kier molecular flexibility index (Phi) is 3.55. The molecule has 5 nitrogen and oxygen atoms in total. The Morgan fingerprint density at radius 2 is 2.12 bits per heavy atom. The Morgan fingerprint density at radius 1 is 1.41 bits per heavy atom. The predicted octanol–water partition coefficient (Wildman–Crippen LogP) is -0.278.